The lowest BCUT2D eigenvalue weighted by atomic mass is 10.1. The molecule has 0 radical (unpaired) electrons. The van der Waals surface area contributed by atoms with Crippen LogP contribution in [0.25, 0.3) is 21.3 Å². The summed E-state index contributed by atoms with van der Waals surface area (Å²) in [7, 11) is -3.55. The Labute approximate surface area is 144 Å². The molecule has 0 saturated heterocycles. The van der Waals surface area contributed by atoms with Gasteiger partial charge in [-0.3, -0.25) is 4.72 Å². The summed E-state index contributed by atoms with van der Waals surface area (Å²) in [5, 5.41) is 0.519. The quantitative estimate of drug-likeness (QED) is 0.740. The summed E-state index contributed by atoms with van der Waals surface area (Å²) < 4.78 is 26.7. The van der Waals surface area contributed by atoms with Crippen LogP contribution in [-0.2, 0) is 10.0 Å². The first-order valence-corrected chi connectivity index (χ1v) is 9.46. The third-order valence-electron chi connectivity index (χ3n) is 3.42. The summed E-state index contributed by atoms with van der Waals surface area (Å²) in [5.41, 5.74) is 8.18. The molecule has 9 heteroatoms. The number of nitrogens with one attached hydrogen (secondary N) is 1. The van der Waals surface area contributed by atoms with Gasteiger partial charge in [0.2, 0.25) is 16.0 Å². The summed E-state index contributed by atoms with van der Waals surface area (Å²) in [5.74, 6) is 0.0488. The van der Waals surface area contributed by atoms with Gasteiger partial charge in [0.1, 0.15) is 0 Å². The SMILES string of the molecule is CC(C)(C)S(=O)(=O)Nc1ncc(-c2ccc3sc(N)nc3c2)cn1. The van der Waals surface area contributed by atoms with E-state index in [9.17, 15) is 8.42 Å². The molecule has 3 rings (SSSR count). The van der Waals surface area contributed by atoms with Crippen LogP contribution >= 0.6 is 11.3 Å². The predicted octanol–water partition coefficient (Wildman–Crippen LogP) is 2.88. The molecule has 1 aromatic carbocycles. The topological polar surface area (TPSA) is 111 Å². The molecular formula is C15H17N5O2S2. The van der Waals surface area contributed by atoms with E-state index in [0.29, 0.717) is 5.13 Å². The number of rotatable bonds is 3. The second kappa shape index (κ2) is 5.67. The first kappa shape index (κ1) is 16.6. The molecule has 0 atom stereocenters. The van der Waals surface area contributed by atoms with Crippen molar-refractivity contribution in [3.05, 3.63) is 30.6 Å². The molecule has 0 aliphatic carbocycles. The molecular weight excluding hydrogens is 346 g/mol. The van der Waals surface area contributed by atoms with E-state index in [-0.39, 0.29) is 5.95 Å². The number of sulfonamides is 1. The predicted molar refractivity (Wildman–Crippen MR) is 97.4 cm³/mol. The van der Waals surface area contributed by atoms with Gasteiger partial charge in [-0.15, -0.1) is 0 Å². The minimum absolute atomic E-state index is 0.0488. The highest BCUT2D eigenvalue weighted by molar-refractivity contribution is 7.94. The third kappa shape index (κ3) is 3.17. The lowest BCUT2D eigenvalue weighted by Gasteiger charge is -2.19. The van der Waals surface area contributed by atoms with Crippen LogP contribution in [-0.4, -0.2) is 28.1 Å². The Morgan fingerprint density at radius 1 is 1.12 bits per heavy atom. The molecule has 24 heavy (non-hydrogen) atoms. The number of hydrogen-bond acceptors (Lipinski definition) is 7. The van der Waals surface area contributed by atoms with Crippen molar-refractivity contribution in [3.8, 4) is 11.1 Å². The Kier molecular flexibility index (Phi) is 3.92. The minimum Gasteiger partial charge on any atom is -0.375 e. The summed E-state index contributed by atoms with van der Waals surface area (Å²) in [6.07, 6.45) is 3.15. The zero-order valence-electron chi connectivity index (χ0n) is 13.4. The lowest BCUT2D eigenvalue weighted by molar-refractivity contribution is 0.565. The maximum Gasteiger partial charge on any atom is 0.239 e. The average Bonchev–Trinajstić information content (AvgIpc) is 2.85. The molecule has 0 aliphatic rings. The van der Waals surface area contributed by atoms with Gasteiger partial charge >= 0.3 is 0 Å². The monoisotopic (exact) mass is 363 g/mol. The number of nitrogen functional groups attached to an aromatic ring is 1. The van der Waals surface area contributed by atoms with Gasteiger partial charge < -0.3 is 5.73 Å². The smallest absolute Gasteiger partial charge is 0.239 e. The van der Waals surface area contributed by atoms with Crippen LogP contribution in [0, 0.1) is 0 Å². The van der Waals surface area contributed by atoms with Crippen molar-refractivity contribution in [2.75, 3.05) is 10.5 Å². The van der Waals surface area contributed by atoms with Gasteiger partial charge in [-0.2, -0.15) is 0 Å². The first-order chi connectivity index (χ1) is 11.2. The summed E-state index contributed by atoms with van der Waals surface area (Å²) in [6, 6.07) is 5.77. The highest BCUT2D eigenvalue weighted by Gasteiger charge is 2.29. The highest BCUT2D eigenvalue weighted by atomic mass is 32.2. The molecule has 126 valence electrons. The second-order valence-corrected chi connectivity index (χ2v) is 9.75. The lowest BCUT2D eigenvalue weighted by Crippen LogP contribution is -2.34. The van der Waals surface area contributed by atoms with Crippen molar-refractivity contribution in [3.63, 3.8) is 0 Å². The van der Waals surface area contributed by atoms with E-state index in [2.05, 4.69) is 19.7 Å². The van der Waals surface area contributed by atoms with Gasteiger partial charge in [-0.1, -0.05) is 17.4 Å². The molecule has 0 amide bonds. The first-order valence-electron chi connectivity index (χ1n) is 7.16. The Bertz CT molecular complexity index is 989. The largest absolute Gasteiger partial charge is 0.375 e. The number of fused-ring (bicyclic) bond motifs is 1. The molecule has 3 aromatic rings. The third-order valence-corrected chi connectivity index (χ3v) is 6.35. The zero-order chi connectivity index (χ0) is 17.5. The Morgan fingerprint density at radius 2 is 1.79 bits per heavy atom. The van der Waals surface area contributed by atoms with Crippen LogP contribution in [0.1, 0.15) is 20.8 Å². The van der Waals surface area contributed by atoms with Crippen molar-refractivity contribution in [1.82, 2.24) is 15.0 Å². The minimum atomic E-state index is -3.55. The Hall–Kier alpha value is -2.26. The van der Waals surface area contributed by atoms with Crippen molar-refractivity contribution in [1.29, 1.82) is 0 Å². The number of hydrogen-bond donors (Lipinski definition) is 2. The Morgan fingerprint density at radius 3 is 2.42 bits per heavy atom. The standard InChI is InChI=1S/C15H17N5O2S2/c1-15(2,3)24(21,22)20-14-17-7-10(8-18-14)9-4-5-12-11(6-9)19-13(16)23-12/h4-8H,1-3H3,(H2,16,19)(H,17,18,20). The molecule has 2 heterocycles. The van der Waals surface area contributed by atoms with Gasteiger partial charge in [0, 0.05) is 18.0 Å². The average molecular weight is 363 g/mol. The van der Waals surface area contributed by atoms with Crippen LogP contribution < -0.4 is 10.5 Å². The van der Waals surface area contributed by atoms with Crippen LogP contribution in [0.4, 0.5) is 11.1 Å². The molecule has 3 N–H and O–H groups in total. The second-order valence-electron chi connectivity index (χ2n) is 6.25. The molecule has 7 nitrogen and oxygen atoms in total. The maximum atomic E-state index is 12.1. The van der Waals surface area contributed by atoms with Crippen LogP contribution in [0.2, 0.25) is 0 Å². The van der Waals surface area contributed by atoms with Crippen LogP contribution in [0.15, 0.2) is 30.6 Å². The number of nitrogens with two attached hydrogens (primary N) is 1. The normalized spacial score (nSPS) is 12.5. The van der Waals surface area contributed by atoms with E-state index in [0.717, 1.165) is 21.3 Å². The van der Waals surface area contributed by atoms with Crippen molar-refractivity contribution in [2.24, 2.45) is 0 Å². The van der Waals surface area contributed by atoms with Crippen LogP contribution in [0.3, 0.4) is 0 Å². The molecule has 0 saturated carbocycles. The molecule has 0 bridgehead atoms. The van der Waals surface area contributed by atoms with E-state index < -0.39 is 14.8 Å². The molecule has 0 aliphatic heterocycles. The van der Waals surface area contributed by atoms with Crippen LogP contribution in [0.5, 0.6) is 0 Å². The highest BCUT2D eigenvalue weighted by Crippen LogP contribution is 2.28. The van der Waals surface area contributed by atoms with E-state index in [1.165, 1.54) is 11.3 Å². The van der Waals surface area contributed by atoms with E-state index >= 15 is 0 Å². The van der Waals surface area contributed by atoms with Gasteiger partial charge in [-0.25, -0.2) is 23.4 Å². The Balaban J connectivity index is 1.88. The fourth-order valence-electron chi connectivity index (χ4n) is 1.93. The maximum absolute atomic E-state index is 12.1. The molecule has 0 unspecified atom stereocenters. The number of aromatic nitrogens is 3. The van der Waals surface area contributed by atoms with E-state index in [4.69, 9.17) is 5.73 Å². The van der Waals surface area contributed by atoms with Crippen molar-refractivity contribution >= 4 is 42.7 Å². The summed E-state index contributed by atoms with van der Waals surface area (Å²) in [6.45, 7) is 4.83. The molecule has 2 aromatic heterocycles. The summed E-state index contributed by atoms with van der Waals surface area (Å²) in [4.78, 5) is 12.4. The number of benzene rings is 1. The number of nitrogens with zero attached hydrogens (tertiary/aromatic N) is 3. The number of anilines is 2. The van der Waals surface area contributed by atoms with Gasteiger partial charge in [0.05, 0.1) is 15.0 Å². The van der Waals surface area contributed by atoms with Crippen molar-refractivity contribution in [2.45, 2.75) is 25.5 Å². The fourth-order valence-corrected chi connectivity index (χ4v) is 3.29. The van der Waals surface area contributed by atoms with Gasteiger partial charge in [0.25, 0.3) is 0 Å². The van der Waals surface area contributed by atoms with E-state index in [1.807, 2.05) is 18.2 Å². The van der Waals surface area contributed by atoms with E-state index in [1.54, 1.807) is 33.2 Å². The zero-order valence-corrected chi connectivity index (χ0v) is 15.1. The summed E-state index contributed by atoms with van der Waals surface area (Å²) >= 11 is 1.43. The van der Waals surface area contributed by atoms with Gasteiger partial charge in [-0.05, 0) is 38.5 Å². The van der Waals surface area contributed by atoms with Gasteiger partial charge in [0.15, 0.2) is 5.13 Å². The molecule has 0 fully saturated rings. The number of thiazole rings is 1. The van der Waals surface area contributed by atoms with Crippen molar-refractivity contribution < 1.29 is 8.42 Å². The molecule has 0 spiro atoms. The fraction of sp³-hybridized carbons (Fsp3) is 0.267.